The first-order valence-electron chi connectivity index (χ1n) is 9.20. The molecule has 0 spiro atoms. The molecule has 1 amide bonds. The summed E-state index contributed by atoms with van der Waals surface area (Å²) in [6, 6.07) is 16.5. The minimum atomic E-state index is -0.434. The molecule has 2 N–H and O–H groups in total. The molecule has 0 saturated heterocycles. The van der Waals surface area contributed by atoms with E-state index in [-0.39, 0.29) is 12.5 Å². The smallest absolute Gasteiger partial charge is 0.236 e. The monoisotopic (exact) mass is 427 g/mol. The van der Waals surface area contributed by atoms with Gasteiger partial charge in [0.15, 0.2) is 0 Å². The number of nitrogens with one attached hydrogen (secondary N) is 1. The number of carbonyl (C=O) groups is 1. The minimum absolute atomic E-state index is 0.0287. The van der Waals surface area contributed by atoms with Crippen LogP contribution in [0.25, 0.3) is 0 Å². The van der Waals surface area contributed by atoms with Crippen molar-refractivity contribution >= 4 is 46.3 Å². The Morgan fingerprint density at radius 1 is 1.14 bits per heavy atom. The maximum Gasteiger partial charge on any atom is 0.236 e. The molecular weight excluding hydrogens is 409 g/mol. The molecule has 7 heteroatoms. The molecule has 0 saturated carbocycles. The number of aromatic nitrogens is 1. The molecule has 1 aromatic heterocycles. The Labute approximate surface area is 178 Å². The average Bonchev–Trinajstić information content (AvgIpc) is 2.72. The van der Waals surface area contributed by atoms with Crippen LogP contribution in [0, 0.1) is 0 Å². The van der Waals surface area contributed by atoms with Gasteiger partial charge in [-0.3, -0.25) is 4.79 Å². The summed E-state index contributed by atoms with van der Waals surface area (Å²) < 4.78 is 0. The van der Waals surface area contributed by atoms with Crippen LogP contribution in [-0.4, -0.2) is 16.0 Å². The third kappa shape index (κ3) is 3.81. The van der Waals surface area contributed by atoms with Crippen LogP contribution in [-0.2, 0) is 17.9 Å². The van der Waals surface area contributed by atoms with Crippen molar-refractivity contribution in [3.8, 4) is 0 Å². The number of amides is 1. The fourth-order valence-corrected chi connectivity index (χ4v) is 4.11. The normalized spacial score (nSPS) is 15.9. The van der Waals surface area contributed by atoms with E-state index in [9.17, 15) is 9.90 Å². The number of aliphatic hydroxyl groups excluding tert-OH is 1. The van der Waals surface area contributed by atoms with Gasteiger partial charge >= 0.3 is 0 Å². The highest BCUT2D eigenvalue weighted by Gasteiger charge is 2.34. The number of anilines is 3. The molecule has 5 nitrogen and oxygen atoms in total. The molecule has 2 aromatic carbocycles. The molecule has 1 atom stereocenters. The zero-order chi connectivity index (χ0) is 20.5. The van der Waals surface area contributed by atoms with Gasteiger partial charge in [-0.1, -0.05) is 47.5 Å². The highest BCUT2D eigenvalue weighted by Crippen LogP contribution is 2.39. The summed E-state index contributed by atoms with van der Waals surface area (Å²) in [7, 11) is 0. The largest absolute Gasteiger partial charge is 0.392 e. The Hall–Kier alpha value is -2.60. The summed E-state index contributed by atoms with van der Waals surface area (Å²) in [5.41, 5.74) is 3.84. The lowest BCUT2D eigenvalue weighted by atomic mass is 9.95. The quantitative estimate of drug-likeness (QED) is 0.594. The third-order valence-electron chi connectivity index (χ3n) is 4.98. The number of aliphatic hydroxyl groups is 1. The molecule has 29 heavy (non-hydrogen) atoms. The standard InChI is InChI=1S/C22H19Cl2N3O2/c1-13-20-15(11-27(22(13)29)21-17(23)6-3-7-18(21)24)8-9-19(26-20)25-16-5-2-4-14(10-16)12-28/h2-10,13,28H,11-12H2,1H3,(H,25,26). The summed E-state index contributed by atoms with van der Waals surface area (Å²) in [6.45, 7) is 2.16. The van der Waals surface area contributed by atoms with E-state index in [2.05, 4.69) is 10.3 Å². The molecule has 1 aliphatic rings. The van der Waals surface area contributed by atoms with Crippen LogP contribution in [0.1, 0.15) is 29.7 Å². The lowest BCUT2D eigenvalue weighted by Crippen LogP contribution is -2.39. The highest BCUT2D eigenvalue weighted by atomic mass is 35.5. The number of pyridine rings is 1. The summed E-state index contributed by atoms with van der Waals surface area (Å²) in [5, 5.41) is 13.4. The second kappa shape index (κ2) is 8.03. The Morgan fingerprint density at radius 2 is 1.86 bits per heavy atom. The maximum atomic E-state index is 13.1. The van der Waals surface area contributed by atoms with Gasteiger partial charge in [-0.25, -0.2) is 4.98 Å². The van der Waals surface area contributed by atoms with Gasteiger partial charge in [-0.2, -0.15) is 0 Å². The van der Waals surface area contributed by atoms with Crippen LogP contribution in [0.5, 0.6) is 0 Å². The Kier molecular flexibility index (Phi) is 5.46. The summed E-state index contributed by atoms with van der Waals surface area (Å²) in [5.74, 6) is 0.110. The average molecular weight is 428 g/mol. The van der Waals surface area contributed by atoms with E-state index in [1.807, 2.05) is 43.3 Å². The number of rotatable bonds is 4. The van der Waals surface area contributed by atoms with E-state index in [4.69, 9.17) is 23.2 Å². The van der Waals surface area contributed by atoms with Crippen LogP contribution in [0.3, 0.4) is 0 Å². The molecule has 1 aliphatic heterocycles. The molecule has 0 aliphatic carbocycles. The SMILES string of the molecule is CC1C(=O)N(c2c(Cl)cccc2Cl)Cc2ccc(Nc3cccc(CO)c3)nc21. The second-order valence-electron chi connectivity index (χ2n) is 6.94. The molecule has 148 valence electrons. The second-order valence-corrected chi connectivity index (χ2v) is 7.76. The van der Waals surface area contributed by atoms with Crippen LogP contribution >= 0.6 is 23.2 Å². The minimum Gasteiger partial charge on any atom is -0.392 e. The molecule has 0 radical (unpaired) electrons. The Bertz CT molecular complexity index is 1070. The number of para-hydroxylation sites is 1. The molecular formula is C22H19Cl2N3O2. The number of halogens is 2. The number of carbonyl (C=O) groups excluding carboxylic acids is 1. The van der Waals surface area contributed by atoms with Gasteiger partial charge in [0.1, 0.15) is 5.82 Å². The first-order chi connectivity index (χ1) is 14.0. The highest BCUT2D eigenvalue weighted by molar-refractivity contribution is 6.40. The van der Waals surface area contributed by atoms with Crippen molar-refractivity contribution in [1.82, 2.24) is 4.98 Å². The van der Waals surface area contributed by atoms with Crippen molar-refractivity contribution < 1.29 is 9.90 Å². The van der Waals surface area contributed by atoms with E-state index in [0.29, 0.717) is 28.1 Å². The van der Waals surface area contributed by atoms with Crippen molar-refractivity contribution in [2.24, 2.45) is 0 Å². The number of hydrogen-bond acceptors (Lipinski definition) is 4. The number of hydrogen-bond donors (Lipinski definition) is 2. The molecule has 4 rings (SSSR count). The number of benzene rings is 2. The zero-order valence-electron chi connectivity index (χ0n) is 15.7. The van der Waals surface area contributed by atoms with Gasteiger partial charge in [-0.05, 0) is 48.4 Å². The van der Waals surface area contributed by atoms with E-state index >= 15 is 0 Å². The Balaban J connectivity index is 1.65. The van der Waals surface area contributed by atoms with Crippen molar-refractivity contribution in [1.29, 1.82) is 0 Å². The molecule has 1 unspecified atom stereocenters. The first kappa shape index (κ1) is 19.7. The van der Waals surface area contributed by atoms with Crippen molar-refractivity contribution in [2.45, 2.75) is 26.0 Å². The fraction of sp³-hybridized carbons (Fsp3) is 0.182. The summed E-state index contributed by atoms with van der Waals surface area (Å²) in [4.78, 5) is 19.4. The lowest BCUT2D eigenvalue weighted by molar-refractivity contribution is -0.120. The van der Waals surface area contributed by atoms with Crippen LogP contribution < -0.4 is 10.2 Å². The van der Waals surface area contributed by atoms with E-state index in [1.165, 1.54) is 0 Å². The van der Waals surface area contributed by atoms with Gasteiger partial charge < -0.3 is 15.3 Å². The Morgan fingerprint density at radius 3 is 2.59 bits per heavy atom. The maximum absolute atomic E-state index is 13.1. The predicted molar refractivity (Wildman–Crippen MR) is 116 cm³/mol. The topological polar surface area (TPSA) is 65.5 Å². The first-order valence-corrected chi connectivity index (χ1v) is 9.95. The van der Waals surface area contributed by atoms with E-state index in [0.717, 1.165) is 22.5 Å². The summed E-state index contributed by atoms with van der Waals surface area (Å²) >= 11 is 12.6. The van der Waals surface area contributed by atoms with Gasteiger partial charge in [0, 0.05) is 5.69 Å². The fourth-order valence-electron chi connectivity index (χ4n) is 3.51. The van der Waals surface area contributed by atoms with E-state index in [1.54, 1.807) is 23.1 Å². The van der Waals surface area contributed by atoms with Crippen LogP contribution in [0.2, 0.25) is 10.0 Å². The summed E-state index contributed by atoms with van der Waals surface area (Å²) in [6.07, 6.45) is 0. The predicted octanol–water partition coefficient (Wildman–Crippen LogP) is 5.27. The third-order valence-corrected chi connectivity index (χ3v) is 5.59. The molecule has 2 heterocycles. The van der Waals surface area contributed by atoms with Crippen LogP contribution in [0.4, 0.5) is 17.2 Å². The van der Waals surface area contributed by atoms with E-state index < -0.39 is 5.92 Å². The van der Waals surface area contributed by atoms with Gasteiger partial charge in [0.2, 0.25) is 5.91 Å². The van der Waals surface area contributed by atoms with Crippen LogP contribution in [0.15, 0.2) is 54.6 Å². The van der Waals surface area contributed by atoms with Gasteiger partial charge in [0.25, 0.3) is 0 Å². The molecule has 3 aromatic rings. The van der Waals surface area contributed by atoms with Gasteiger partial charge in [-0.15, -0.1) is 0 Å². The number of nitrogens with zero attached hydrogens (tertiary/aromatic N) is 2. The lowest BCUT2D eigenvalue weighted by Gasteiger charge is -2.33. The van der Waals surface area contributed by atoms with Crippen molar-refractivity contribution in [3.63, 3.8) is 0 Å². The molecule has 0 fully saturated rings. The zero-order valence-corrected chi connectivity index (χ0v) is 17.2. The van der Waals surface area contributed by atoms with Gasteiger partial charge in [0.05, 0.1) is 40.5 Å². The molecule has 0 bridgehead atoms. The van der Waals surface area contributed by atoms with Crippen molar-refractivity contribution in [2.75, 3.05) is 10.2 Å². The number of fused-ring (bicyclic) bond motifs is 1. The van der Waals surface area contributed by atoms with Crippen molar-refractivity contribution in [3.05, 3.63) is 81.5 Å².